The monoisotopic (exact) mass is 603 g/mol. The Morgan fingerprint density at radius 3 is 1.44 bits per heavy atom. The van der Waals surface area contributed by atoms with Gasteiger partial charge in [0.15, 0.2) is 0 Å². The van der Waals surface area contributed by atoms with Crippen LogP contribution >= 0.6 is 7.82 Å². The molecule has 0 aliphatic heterocycles. The highest BCUT2D eigenvalue weighted by Gasteiger charge is 2.24. The number of amides is 1. The van der Waals surface area contributed by atoms with Crippen molar-refractivity contribution < 1.29 is 23.3 Å². The number of nitrogens with two attached hydrogens (primary N) is 1. The van der Waals surface area contributed by atoms with Crippen LogP contribution in [0.5, 0.6) is 0 Å². The van der Waals surface area contributed by atoms with Gasteiger partial charge in [0.25, 0.3) is 0 Å². The molecule has 2 atom stereocenters. The molecule has 3 N–H and O–H groups in total. The second-order valence-electron chi connectivity index (χ2n) is 11.7. The van der Waals surface area contributed by atoms with E-state index in [1.54, 1.807) is 0 Å². The van der Waals surface area contributed by atoms with Crippen molar-refractivity contribution in [2.24, 2.45) is 17.6 Å². The zero-order valence-corrected chi connectivity index (χ0v) is 28.8. The lowest BCUT2D eigenvalue weighted by Crippen LogP contribution is -2.12. The quantitative estimate of drug-likeness (QED) is 0.0503. The standard InChI is InChI=1S/C18H35NO.C16H35O4P/c1-2-3-4-5-6-7-8-9-10-11-12-13-14-15-16-17-18(19)20;1-5-9-11-15(7-3)13-19-21(17,18)20-14-16(8-4)12-10-6-2/h9-10H,2-8,11-17H2,1H3,(H2,19,20);15-16H,5-14H2,1-4H3,(H,17,18). The predicted octanol–water partition coefficient (Wildman–Crippen LogP) is 11.1. The summed E-state index contributed by atoms with van der Waals surface area (Å²) in [6, 6.07) is 0. The molecule has 0 aromatic rings. The van der Waals surface area contributed by atoms with E-state index in [2.05, 4.69) is 46.8 Å². The molecule has 0 spiro atoms. The highest BCUT2D eigenvalue weighted by atomic mass is 31.2. The molecule has 0 heterocycles. The Labute approximate surface area is 255 Å². The van der Waals surface area contributed by atoms with Gasteiger partial charge < -0.3 is 10.6 Å². The molecule has 0 bridgehead atoms. The van der Waals surface area contributed by atoms with Crippen LogP contribution in [0.15, 0.2) is 12.2 Å². The minimum absolute atomic E-state index is 0.164. The summed E-state index contributed by atoms with van der Waals surface area (Å²) in [5.41, 5.74) is 5.10. The van der Waals surface area contributed by atoms with Gasteiger partial charge in [-0.05, 0) is 56.8 Å². The number of unbranched alkanes of at least 4 members (excludes halogenated alkanes) is 13. The van der Waals surface area contributed by atoms with Gasteiger partial charge in [0.1, 0.15) is 0 Å². The fourth-order valence-corrected chi connectivity index (χ4v) is 5.48. The fourth-order valence-electron chi connectivity index (χ4n) is 4.60. The first-order valence-corrected chi connectivity index (χ1v) is 18.8. The van der Waals surface area contributed by atoms with Crippen molar-refractivity contribution in [2.75, 3.05) is 13.2 Å². The third-order valence-electron chi connectivity index (χ3n) is 7.72. The lowest BCUT2D eigenvalue weighted by Gasteiger charge is -2.20. The second kappa shape index (κ2) is 32.2. The van der Waals surface area contributed by atoms with Crippen LogP contribution in [0, 0.1) is 11.8 Å². The Morgan fingerprint density at radius 1 is 0.659 bits per heavy atom. The van der Waals surface area contributed by atoms with Gasteiger partial charge in [-0.25, -0.2) is 4.57 Å². The Bertz CT molecular complexity index is 604. The fraction of sp³-hybridized carbons (Fsp3) is 0.912. The first-order chi connectivity index (χ1) is 19.8. The van der Waals surface area contributed by atoms with Gasteiger partial charge in [0.05, 0.1) is 13.2 Å². The van der Waals surface area contributed by atoms with E-state index in [0.717, 1.165) is 64.2 Å². The maximum Gasteiger partial charge on any atom is 0.472 e. The van der Waals surface area contributed by atoms with Gasteiger partial charge in [-0.3, -0.25) is 13.8 Å². The van der Waals surface area contributed by atoms with Gasteiger partial charge in [0.2, 0.25) is 5.91 Å². The Hall–Kier alpha value is -0.680. The third kappa shape index (κ3) is 33.7. The molecule has 0 radical (unpaired) electrons. The number of carbonyl (C=O) groups excluding carboxylic acids is 1. The average molecular weight is 604 g/mol. The number of hydrogen-bond donors (Lipinski definition) is 2. The zero-order chi connectivity index (χ0) is 31.0. The van der Waals surface area contributed by atoms with Gasteiger partial charge in [-0.2, -0.15) is 0 Å². The van der Waals surface area contributed by atoms with Crippen LogP contribution in [0.2, 0.25) is 0 Å². The predicted molar refractivity (Wildman–Crippen MR) is 177 cm³/mol. The maximum absolute atomic E-state index is 11.9. The molecule has 0 aromatic heterocycles. The minimum atomic E-state index is -3.89. The van der Waals surface area contributed by atoms with Crippen molar-refractivity contribution in [2.45, 2.75) is 176 Å². The van der Waals surface area contributed by atoms with E-state index in [4.69, 9.17) is 14.8 Å². The van der Waals surface area contributed by atoms with Crippen molar-refractivity contribution >= 4 is 13.7 Å². The maximum atomic E-state index is 11.9. The zero-order valence-electron chi connectivity index (χ0n) is 27.9. The normalized spacial score (nSPS) is 14.4. The van der Waals surface area contributed by atoms with Gasteiger partial charge in [-0.1, -0.05) is 137 Å². The summed E-state index contributed by atoms with van der Waals surface area (Å²) in [4.78, 5) is 20.3. The number of carbonyl (C=O) groups is 1. The highest BCUT2D eigenvalue weighted by Crippen LogP contribution is 2.44. The molecule has 1 amide bonds. The lowest BCUT2D eigenvalue weighted by molar-refractivity contribution is -0.118. The number of phosphoric ester groups is 1. The van der Waals surface area contributed by atoms with Crippen molar-refractivity contribution in [1.82, 2.24) is 0 Å². The summed E-state index contributed by atoms with van der Waals surface area (Å²) >= 11 is 0. The summed E-state index contributed by atoms with van der Waals surface area (Å²) in [6.07, 6.45) is 30.5. The molecule has 0 fully saturated rings. The highest BCUT2D eigenvalue weighted by molar-refractivity contribution is 7.47. The SMILES string of the molecule is CCCCC(CC)COP(=O)(O)OCC(CC)CCCC.CCCCCCCCC=CCCCCCCCC(N)=O. The molecule has 41 heavy (non-hydrogen) atoms. The van der Waals surface area contributed by atoms with Crippen molar-refractivity contribution in [3.05, 3.63) is 12.2 Å². The number of hydrogen-bond acceptors (Lipinski definition) is 4. The Kier molecular flexibility index (Phi) is 33.4. The van der Waals surface area contributed by atoms with E-state index in [0.29, 0.717) is 31.5 Å². The van der Waals surface area contributed by atoms with Crippen molar-refractivity contribution in [3.8, 4) is 0 Å². The van der Waals surface area contributed by atoms with Crippen LogP contribution in [-0.4, -0.2) is 24.0 Å². The molecule has 2 unspecified atom stereocenters. The lowest BCUT2D eigenvalue weighted by atomic mass is 10.0. The smallest absolute Gasteiger partial charge is 0.370 e. The number of primary amides is 1. The van der Waals surface area contributed by atoms with E-state index in [-0.39, 0.29) is 5.91 Å². The van der Waals surface area contributed by atoms with E-state index in [1.165, 1.54) is 70.6 Å². The summed E-state index contributed by atoms with van der Waals surface area (Å²) in [7, 11) is -3.89. The topological polar surface area (TPSA) is 98.8 Å². The Morgan fingerprint density at radius 2 is 1.05 bits per heavy atom. The van der Waals surface area contributed by atoms with E-state index in [1.807, 2.05) is 0 Å². The molecular weight excluding hydrogens is 533 g/mol. The number of phosphoric acid groups is 1. The van der Waals surface area contributed by atoms with Crippen molar-refractivity contribution in [3.63, 3.8) is 0 Å². The summed E-state index contributed by atoms with van der Waals surface area (Å²) in [5, 5.41) is 0. The first kappa shape index (κ1) is 42.5. The van der Waals surface area contributed by atoms with Gasteiger partial charge in [0, 0.05) is 6.42 Å². The second-order valence-corrected chi connectivity index (χ2v) is 13.1. The molecule has 0 saturated carbocycles. The van der Waals surface area contributed by atoms with Crippen LogP contribution in [-0.2, 0) is 18.4 Å². The van der Waals surface area contributed by atoms with Crippen LogP contribution in [0.25, 0.3) is 0 Å². The Balaban J connectivity index is 0. The molecule has 0 saturated heterocycles. The molecular formula is C34H70NO5P. The third-order valence-corrected chi connectivity index (χ3v) is 8.67. The molecule has 6 nitrogen and oxygen atoms in total. The van der Waals surface area contributed by atoms with Gasteiger partial charge in [-0.15, -0.1) is 0 Å². The molecule has 0 aliphatic rings. The number of rotatable bonds is 29. The molecule has 246 valence electrons. The summed E-state index contributed by atoms with van der Waals surface area (Å²) in [6.45, 7) is 11.4. The first-order valence-electron chi connectivity index (χ1n) is 17.3. The van der Waals surface area contributed by atoms with Gasteiger partial charge >= 0.3 is 7.82 Å². The number of allylic oxidation sites excluding steroid dienone is 2. The summed E-state index contributed by atoms with van der Waals surface area (Å²) in [5.74, 6) is 0.523. The summed E-state index contributed by atoms with van der Waals surface area (Å²) < 4.78 is 22.2. The molecule has 7 heteroatoms. The van der Waals surface area contributed by atoms with Crippen LogP contribution in [0.3, 0.4) is 0 Å². The average Bonchev–Trinajstić information content (AvgIpc) is 2.95. The molecule has 0 aromatic carbocycles. The van der Waals surface area contributed by atoms with Crippen LogP contribution < -0.4 is 5.73 Å². The van der Waals surface area contributed by atoms with Crippen molar-refractivity contribution in [1.29, 1.82) is 0 Å². The molecule has 0 aliphatic carbocycles. The molecule has 0 rings (SSSR count). The van der Waals surface area contributed by atoms with E-state index < -0.39 is 7.82 Å². The van der Waals surface area contributed by atoms with E-state index in [9.17, 15) is 14.3 Å². The van der Waals surface area contributed by atoms with E-state index >= 15 is 0 Å². The van der Waals surface area contributed by atoms with Crippen LogP contribution in [0.4, 0.5) is 0 Å². The van der Waals surface area contributed by atoms with Crippen LogP contribution in [0.1, 0.15) is 176 Å². The minimum Gasteiger partial charge on any atom is -0.370 e. The largest absolute Gasteiger partial charge is 0.472 e.